The zero-order chi connectivity index (χ0) is 11.4. The minimum Gasteiger partial charge on any atom is -0.478 e. The van der Waals surface area contributed by atoms with E-state index in [2.05, 4.69) is 4.98 Å². The number of aliphatic carboxylic acids is 1. The fourth-order valence-electron chi connectivity index (χ4n) is 1.53. The summed E-state index contributed by atoms with van der Waals surface area (Å²) in [5, 5.41) is 9.54. The molecule has 0 saturated heterocycles. The number of rotatable bonds is 3. The van der Waals surface area contributed by atoms with Gasteiger partial charge in [-0.05, 0) is 11.6 Å². The summed E-state index contributed by atoms with van der Waals surface area (Å²) in [6.07, 6.45) is 8.09. The third kappa shape index (κ3) is 2.20. The highest BCUT2D eigenvalue weighted by molar-refractivity contribution is 5.89. The first-order valence-corrected chi connectivity index (χ1v) is 4.91. The Morgan fingerprint density at radius 3 is 2.88 bits per heavy atom. The molecule has 1 aromatic heterocycles. The van der Waals surface area contributed by atoms with Gasteiger partial charge in [-0.15, -0.1) is 0 Å². The maximum atomic E-state index is 10.2. The van der Waals surface area contributed by atoms with Crippen molar-refractivity contribution in [1.29, 1.82) is 0 Å². The SMILES string of the molecule is O=C(O)C=CC=Cc1c[nH]c2ccccc12. The number of aromatic amines is 1. The van der Waals surface area contributed by atoms with Crippen LogP contribution in [0.4, 0.5) is 0 Å². The molecular formula is C13H11NO2. The topological polar surface area (TPSA) is 53.1 Å². The molecule has 0 aliphatic heterocycles. The number of allylic oxidation sites excluding steroid dienone is 2. The summed E-state index contributed by atoms with van der Waals surface area (Å²) in [4.78, 5) is 13.4. The predicted octanol–water partition coefficient (Wildman–Crippen LogP) is 2.82. The number of hydrogen-bond donors (Lipinski definition) is 2. The first-order valence-electron chi connectivity index (χ1n) is 4.91. The molecule has 2 N–H and O–H groups in total. The van der Waals surface area contributed by atoms with E-state index in [-0.39, 0.29) is 0 Å². The normalized spacial score (nSPS) is 11.8. The standard InChI is InChI=1S/C13H11NO2/c15-13(16)8-4-1-5-10-9-14-12-7-3-2-6-11(10)12/h1-9,14H,(H,15,16). The van der Waals surface area contributed by atoms with Crippen LogP contribution < -0.4 is 0 Å². The molecule has 0 radical (unpaired) electrons. The molecule has 0 aliphatic rings. The molecule has 2 aromatic rings. The second-order valence-corrected chi connectivity index (χ2v) is 3.35. The average Bonchev–Trinajstić information content (AvgIpc) is 2.68. The van der Waals surface area contributed by atoms with Gasteiger partial charge in [-0.1, -0.05) is 36.4 Å². The van der Waals surface area contributed by atoms with Crippen LogP contribution >= 0.6 is 0 Å². The molecule has 2 rings (SSSR count). The van der Waals surface area contributed by atoms with E-state index in [9.17, 15) is 4.79 Å². The fourth-order valence-corrected chi connectivity index (χ4v) is 1.53. The molecule has 0 spiro atoms. The van der Waals surface area contributed by atoms with Gasteiger partial charge in [-0.2, -0.15) is 0 Å². The first kappa shape index (κ1) is 10.2. The predicted molar refractivity (Wildman–Crippen MR) is 64.1 cm³/mol. The van der Waals surface area contributed by atoms with Gasteiger partial charge >= 0.3 is 5.97 Å². The highest BCUT2D eigenvalue weighted by Crippen LogP contribution is 2.18. The molecule has 0 unspecified atom stereocenters. The minimum absolute atomic E-state index is 0.941. The summed E-state index contributed by atoms with van der Waals surface area (Å²) < 4.78 is 0. The number of carboxylic acids is 1. The van der Waals surface area contributed by atoms with E-state index in [0.717, 1.165) is 22.5 Å². The second kappa shape index (κ2) is 4.49. The molecule has 1 aromatic carbocycles. The van der Waals surface area contributed by atoms with E-state index in [1.807, 2.05) is 36.5 Å². The molecule has 0 aliphatic carbocycles. The summed E-state index contributed by atoms with van der Waals surface area (Å²) >= 11 is 0. The van der Waals surface area contributed by atoms with Gasteiger partial charge in [-0.25, -0.2) is 4.79 Å². The van der Waals surface area contributed by atoms with E-state index in [0.29, 0.717) is 0 Å². The summed E-state index contributed by atoms with van der Waals surface area (Å²) in [5.74, 6) is -0.941. The number of carboxylic acid groups (broad SMARTS) is 1. The van der Waals surface area contributed by atoms with Crippen LogP contribution in [0.3, 0.4) is 0 Å². The number of nitrogens with one attached hydrogen (secondary N) is 1. The van der Waals surface area contributed by atoms with Crippen molar-refractivity contribution < 1.29 is 9.90 Å². The van der Waals surface area contributed by atoms with Crippen molar-refractivity contribution in [2.45, 2.75) is 0 Å². The zero-order valence-electron chi connectivity index (χ0n) is 8.55. The summed E-state index contributed by atoms with van der Waals surface area (Å²) in [6.45, 7) is 0. The van der Waals surface area contributed by atoms with Crippen LogP contribution in [0.5, 0.6) is 0 Å². The number of aromatic nitrogens is 1. The molecule has 0 atom stereocenters. The van der Waals surface area contributed by atoms with Crippen molar-refractivity contribution >= 4 is 22.9 Å². The molecule has 16 heavy (non-hydrogen) atoms. The van der Waals surface area contributed by atoms with Crippen molar-refractivity contribution in [3.05, 3.63) is 54.3 Å². The average molecular weight is 213 g/mol. The maximum absolute atomic E-state index is 10.2. The Balaban J connectivity index is 2.25. The van der Waals surface area contributed by atoms with Gasteiger partial charge in [0.2, 0.25) is 0 Å². The Labute approximate surface area is 92.7 Å². The Hall–Kier alpha value is -2.29. The number of H-pyrrole nitrogens is 1. The van der Waals surface area contributed by atoms with Crippen molar-refractivity contribution in [2.75, 3.05) is 0 Å². The lowest BCUT2D eigenvalue weighted by molar-refractivity contribution is -0.131. The fraction of sp³-hybridized carbons (Fsp3) is 0. The van der Waals surface area contributed by atoms with E-state index in [1.54, 1.807) is 6.08 Å². The lowest BCUT2D eigenvalue weighted by atomic mass is 10.1. The van der Waals surface area contributed by atoms with Crippen molar-refractivity contribution in [1.82, 2.24) is 4.98 Å². The van der Waals surface area contributed by atoms with Crippen LogP contribution in [0.25, 0.3) is 17.0 Å². The minimum atomic E-state index is -0.941. The summed E-state index contributed by atoms with van der Waals surface area (Å²) in [6, 6.07) is 7.96. The zero-order valence-corrected chi connectivity index (χ0v) is 8.55. The van der Waals surface area contributed by atoms with Crippen LogP contribution in [-0.2, 0) is 4.79 Å². The largest absolute Gasteiger partial charge is 0.478 e. The summed E-state index contributed by atoms with van der Waals surface area (Å²) in [5.41, 5.74) is 2.12. The molecule has 3 heteroatoms. The van der Waals surface area contributed by atoms with E-state index >= 15 is 0 Å². The molecule has 1 heterocycles. The van der Waals surface area contributed by atoms with Crippen molar-refractivity contribution in [3.63, 3.8) is 0 Å². The third-order valence-electron chi connectivity index (χ3n) is 2.25. The number of fused-ring (bicyclic) bond motifs is 1. The van der Waals surface area contributed by atoms with E-state index < -0.39 is 5.97 Å². The highest BCUT2D eigenvalue weighted by atomic mass is 16.4. The Kier molecular flexibility index (Phi) is 2.87. The lowest BCUT2D eigenvalue weighted by Crippen LogP contribution is -1.84. The second-order valence-electron chi connectivity index (χ2n) is 3.35. The van der Waals surface area contributed by atoms with E-state index in [4.69, 9.17) is 5.11 Å². The van der Waals surface area contributed by atoms with Crippen LogP contribution in [0, 0.1) is 0 Å². The number of hydrogen-bond acceptors (Lipinski definition) is 1. The van der Waals surface area contributed by atoms with Gasteiger partial charge in [0.1, 0.15) is 0 Å². The smallest absolute Gasteiger partial charge is 0.328 e. The van der Waals surface area contributed by atoms with E-state index in [1.165, 1.54) is 6.08 Å². The molecular weight excluding hydrogens is 202 g/mol. The van der Waals surface area contributed by atoms with Crippen LogP contribution in [-0.4, -0.2) is 16.1 Å². The first-order chi connectivity index (χ1) is 7.77. The number of benzene rings is 1. The van der Waals surface area contributed by atoms with Gasteiger partial charge in [0, 0.05) is 23.2 Å². The van der Waals surface area contributed by atoms with Gasteiger partial charge in [0.25, 0.3) is 0 Å². The van der Waals surface area contributed by atoms with Gasteiger partial charge in [0.05, 0.1) is 0 Å². The van der Waals surface area contributed by atoms with Gasteiger partial charge in [0.15, 0.2) is 0 Å². The number of carbonyl (C=O) groups is 1. The Bertz CT molecular complexity index is 564. The molecule has 0 amide bonds. The monoisotopic (exact) mass is 213 g/mol. The van der Waals surface area contributed by atoms with Crippen molar-refractivity contribution in [3.8, 4) is 0 Å². The lowest BCUT2D eigenvalue weighted by Gasteiger charge is -1.89. The van der Waals surface area contributed by atoms with Crippen molar-refractivity contribution in [2.24, 2.45) is 0 Å². The van der Waals surface area contributed by atoms with Crippen LogP contribution in [0.15, 0.2) is 48.7 Å². The molecule has 0 bridgehead atoms. The Morgan fingerprint density at radius 1 is 1.25 bits per heavy atom. The quantitative estimate of drug-likeness (QED) is 0.608. The summed E-state index contributed by atoms with van der Waals surface area (Å²) in [7, 11) is 0. The van der Waals surface area contributed by atoms with Crippen LogP contribution in [0.2, 0.25) is 0 Å². The highest BCUT2D eigenvalue weighted by Gasteiger charge is 1.97. The molecule has 80 valence electrons. The van der Waals surface area contributed by atoms with Gasteiger partial charge in [-0.3, -0.25) is 0 Å². The number of para-hydroxylation sites is 1. The molecule has 0 saturated carbocycles. The third-order valence-corrected chi connectivity index (χ3v) is 2.25. The van der Waals surface area contributed by atoms with Crippen LogP contribution in [0.1, 0.15) is 5.56 Å². The maximum Gasteiger partial charge on any atom is 0.328 e. The molecule has 0 fully saturated rings. The molecule has 3 nitrogen and oxygen atoms in total. The van der Waals surface area contributed by atoms with Gasteiger partial charge < -0.3 is 10.1 Å². The Morgan fingerprint density at radius 2 is 2.06 bits per heavy atom.